The highest BCUT2D eigenvalue weighted by Crippen LogP contribution is 2.24. The molecule has 2 N–H and O–H groups in total. The maximum Gasteiger partial charge on any atom is 0.330 e. The molecule has 0 spiro atoms. The summed E-state index contributed by atoms with van der Waals surface area (Å²) >= 11 is 0. The van der Waals surface area contributed by atoms with Crippen LogP contribution in [0.2, 0.25) is 0 Å². The Morgan fingerprint density at radius 2 is 1.89 bits per heavy atom. The number of hydrogen-bond acceptors (Lipinski definition) is 3. The third kappa shape index (κ3) is 3.84. The highest BCUT2D eigenvalue weighted by Gasteiger charge is 2.26. The Labute approximate surface area is 157 Å². The fraction of sp³-hybridized carbons (Fsp3) is 0.286. The van der Waals surface area contributed by atoms with Gasteiger partial charge in [0.05, 0.1) is 0 Å². The summed E-state index contributed by atoms with van der Waals surface area (Å²) in [6.45, 7) is 4.37. The van der Waals surface area contributed by atoms with Crippen LogP contribution in [0.1, 0.15) is 45.9 Å². The van der Waals surface area contributed by atoms with Crippen molar-refractivity contribution in [3.8, 4) is 0 Å². The summed E-state index contributed by atoms with van der Waals surface area (Å²) in [7, 11) is 0. The van der Waals surface area contributed by atoms with Crippen molar-refractivity contribution in [3.05, 3.63) is 64.7 Å². The molecule has 0 aromatic heterocycles. The van der Waals surface area contributed by atoms with Crippen molar-refractivity contribution in [2.45, 2.75) is 32.7 Å². The number of hydrogen-bond donors (Lipinski definition) is 2. The van der Waals surface area contributed by atoms with Gasteiger partial charge in [-0.1, -0.05) is 24.3 Å². The lowest BCUT2D eigenvalue weighted by atomic mass is 9.97. The molecule has 2 aromatic carbocycles. The quantitative estimate of drug-likeness (QED) is 0.852. The molecular weight excluding hydrogens is 344 g/mol. The number of anilines is 1. The van der Waals surface area contributed by atoms with Crippen LogP contribution in [0, 0.1) is 13.8 Å². The van der Waals surface area contributed by atoms with Crippen LogP contribution in [-0.4, -0.2) is 29.4 Å². The summed E-state index contributed by atoms with van der Waals surface area (Å²) in [5.74, 6) is -1.58. The van der Waals surface area contributed by atoms with E-state index in [-0.39, 0.29) is 5.91 Å². The molecule has 6 nitrogen and oxygen atoms in total. The van der Waals surface area contributed by atoms with Gasteiger partial charge in [-0.25, -0.2) is 4.79 Å². The molecule has 2 aromatic rings. The Morgan fingerprint density at radius 3 is 2.56 bits per heavy atom. The van der Waals surface area contributed by atoms with E-state index in [0.717, 1.165) is 17.5 Å². The van der Waals surface area contributed by atoms with Crippen LogP contribution < -0.4 is 10.2 Å². The summed E-state index contributed by atoms with van der Waals surface area (Å²) in [4.78, 5) is 38.1. The van der Waals surface area contributed by atoms with Gasteiger partial charge in [-0.05, 0) is 55.2 Å². The van der Waals surface area contributed by atoms with Crippen LogP contribution in [-0.2, 0) is 9.59 Å². The summed E-state index contributed by atoms with van der Waals surface area (Å²) in [5, 5.41) is 12.2. The zero-order valence-electron chi connectivity index (χ0n) is 15.4. The van der Waals surface area contributed by atoms with E-state index in [0.29, 0.717) is 29.8 Å². The van der Waals surface area contributed by atoms with Crippen LogP contribution >= 0.6 is 0 Å². The molecule has 1 fully saturated rings. The van der Waals surface area contributed by atoms with Crippen molar-refractivity contribution >= 4 is 23.5 Å². The van der Waals surface area contributed by atoms with E-state index in [4.69, 9.17) is 0 Å². The maximum absolute atomic E-state index is 12.7. The highest BCUT2D eigenvalue weighted by atomic mass is 16.4. The average Bonchev–Trinajstić information content (AvgIpc) is 3.08. The predicted molar refractivity (Wildman–Crippen MR) is 102 cm³/mol. The Bertz CT molecular complexity index is 907. The number of benzene rings is 2. The first-order chi connectivity index (χ1) is 12.9. The number of aryl methyl sites for hydroxylation is 1. The molecule has 1 unspecified atom stereocenters. The molecule has 27 heavy (non-hydrogen) atoms. The molecule has 0 aliphatic carbocycles. The number of carbonyl (C=O) groups is 3. The van der Waals surface area contributed by atoms with Gasteiger partial charge in [-0.15, -0.1) is 0 Å². The first-order valence-electron chi connectivity index (χ1n) is 8.88. The van der Waals surface area contributed by atoms with Gasteiger partial charge in [-0.3, -0.25) is 9.59 Å². The van der Waals surface area contributed by atoms with Crippen molar-refractivity contribution in [2.75, 3.05) is 11.4 Å². The molecule has 1 aliphatic heterocycles. The Kier molecular flexibility index (Phi) is 5.26. The van der Waals surface area contributed by atoms with Crippen molar-refractivity contribution < 1.29 is 19.5 Å². The number of carboxylic acid groups (broad SMARTS) is 1. The second-order valence-corrected chi connectivity index (χ2v) is 6.73. The normalized spacial score (nSPS) is 14.9. The Balaban J connectivity index is 1.85. The van der Waals surface area contributed by atoms with E-state index in [1.165, 1.54) is 0 Å². The molecule has 1 heterocycles. The first kappa shape index (κ1) is 18.6. The minimum absolute atomic E-state index is 0.0337. The van der Waals surface area contributed by atoms with Crippen molar-refractivity contribution in [1.29, 1.82) is 0 Å². The summed E-state index contributed by atoms with van der Waals surface area (Å²) in [6.07, 6.45) is 1.30. The lowest BCUT2D eigenvalue weighted by Crippen LogP contribution is -2.34. The first-order valence-corrected chi connectivity index (χ1v) is 8.88. The Hall–Kier alpha value is -3.15. The van der Waals surface area contributed by atoms with Crippen molar-refractivity contribution in [2.24, 2.45) is 0 Å². The number of carbonyl (C=O) groups excluding carboxylic acids is 2. The van der Waals surface area contributed by atoms with Crippen LogP contribution in [0.25, 0.3) is 0 Å². The molecule has 0 bridgehead atoms. The van der Waals surface area contributed by atoms with Gasteiger partial charge in [0.15, 0.2) is 6.04 Å². The van der Waals surface area contributed by atoms with Crippen molar-refractivity contribution in [1.82, 2.24) is 5.32 Å². The smallest absolute Gasteiger partial charge is 0.330 e. The standard InChI is InChI=1S/C21H22N2O4/c1-13-6-3-9-17(14(13)2)19(21(26)27)22-20(25)15-7-4-8-16(12-15)23-11-5-10-18(23)24/h3-4,6-9,12,19H,5,10-11H2,1-2H3,(H,22,25)(H,26,27). The van der Waals surface area contributed by atoms with Gasteiger partial charge in [0.1, 0.15) is 0 Å². The predicted octanol–water partition coefficient (Wildman–Crippen LogP) is 2.99. The van der Waals surface area contributed by atoms with E-state index in [1.54, 1.807) is 41.3 Å². The molecule has 0 radical (unpaired) electrons. The van der Waals surface area contributed by atoms with Gasteiger partial charge in [-0.2, -0.15) is 0 Å². The summed E-state index contributed by atoms with van der Waals surface area (Å²) in [6, 6.07) is 11.0. The van der Waals surface area contributed by atoms with E-state index >= 15 is 0 Å². The number of carboxylic acids is 1. The van der Waals surface area contributed by atoms with Gasteiger partial charge in [0.2, 0.25) is 5.91 Å². The third-order valence-electron chi connectivity index (χ3n) is 4.97. The molecule has 1 atom stereocenters. The fourth-order valence-electron chi connectivity index (χ4n) is 3.31. The number of aliphatic carboxylic acids is 1. The molecule has 140 valence electrons. The van der Waals surface area contributed by atoms with E-state index < -0.39 is 17.9 Å². The average molecular weight is 366 g/mol. The van der Waals surface area contributed by atoms with Crippen LogP contribution in [0.3, 0.4) is 0 Å². The molecule has 2 amide bonds. The zero-order valence-corrected chi connectivity index (χ0v) is 15.4. The SMILES string of the molecule is Cc1cccc(C(NC(=O)c2cccc(N3CCCC3=O)c2)C(=O)O)c1C. The Morgan fingerprint density at radius 1 is 1.15 bits per heavy atom. The topological polar surface area (TPSA) is 86.7 Å². The molecule has 0 saturated carbocycles. The van der Waals surface area contributed by atoms with Gasteiger partial charge >= 0.3 is 5.97 Å². The minimum atomic E-state index is -1.14. The van der Waals surface area contributed by atoms with Gasteiger partial charge in [0.25, 0.3) is 5.91 Å². The molecule has 1 aliphatic rings. The van der Waals surface area contributed by atoms with Crippen molar-refractivity contribution in [3.63, 3.8) is 0 Å². The fourth-order valence-corrected chi connectivity index (χ4v) is 3.31. The molecule has 6 heteroatoms. The number of amides is 2. The number of rotatable bonds is 5. The highest BCUT2D eigenvalue weighted by molar-refractivity contribution is 6.00. The largest absolute Gasteiger partial charge is 0.479 e. The van der Waals surface area contributed by atoms with Gasteiger partial charge in [0, 0.05) is 24.2 Å². The second-order valence-electron chi connectivity index (χ2n) is 6.73. The van der Waals surface area contributed by atoms with E-state index in [9.17, 15) is 19.5 Å². The number of nitrogens with zero attached hydrogens (tertiary/aromatic N) is 1. The van der Waals surface area contributed by atoms with E-state index in [1.807, 2.05) is 19.9 Å². The molecule has 1 saturated heterocycles. The van der Waals surface area contributed by atoms with Crippen LogP contribution in [0.4, 0.5) is 5.69 Å². The summed E-state index contributed by atoms with van der Waals surface area (Å²) < 4.78 is 0. The van der Waals surface area contributed by atoms with Gasteiger partial charge < -0.3 is 15.3 Å². The lowest BCUT2D eigenvalue weighted by molar-refractivity contribution is -0.139. The lowest BCUT2D eigenvalue weighted by Gasteiger charge is -2.19. The molecule has 3 rings (SSSR count). The molecular formula is C21H22N2O4. The number of nitrogens with one attached hydrogen (secondary N) is 1. The third-order valence-corrected chi connectivity index (χ3v) is 4.97. The van der Waals surface area contributed by atoms with Crippen LogP contribution in [0.5, 0.6) is 0 Å². The van der Waals surface area contributed by atoms with Crippen LogP contribution in [0.15, 0.2) is 42.5 Å². The monoisotopic (exact) mass is 366 g/mol. The maximum atomic E-state index is 12.7. The zero-order chi connectivity index (χ0) is 19.6. The van der Waals surface area contributed by atoms with E-state index in [2.05, 4.69) is 5.32 Å². The minimum Gasteiger partial charge on any atom is -0.479 e. The second kappa shape index (κ2) is 7.61. The summed E-state index contributed by atoms with van der Waals surface area (Å²) in [5.41, 5.74) is 3.33.